The Morgan fingerprint density at radius 2 is 1.97 bits per heavy atom. The van der Waals surface area contributed by atoms with Crippen molar-refractivity contribution < 1.29 is 27.8 Å². The highest BCUT2D eigenvalue weighted by Crippen LogP contribution is 2.48. The van der Waals surface area contributed by atoms with Gasteiger partial charge in [0.1, 0.15) is 23.0 Å². The average molecular weight is 532 g/mol. The van der Waals surface area contributed by atoms with Gasteiger partial charge in [0, 0.05) is 40.7 Å². The van der Waals surface area contributed by atoms with Crippen molar-refractivity contribution in [1.82, 2.24) is 24.8 Å². The predicted molar refractivity (Wildman–Crippen MR) is 129 cm³/mol. The van der Waals surface area contributed by atoms with Gasteiger partial charge in [-0.3, -0.25) is 4.79 Å². The molecule has 196 valence electrons. The van der Waals surface area contributed by atoms with Gasteiger partial charge in [-0.25, -0.2) is 19.3 Å². The van der Waals surface area contributed by atoms with Gasteiger partial charge >= 0.3 is 6.61 Å². The van der Waals surface area contributed by atoms with Gasteiger partial charge < -0.3 is 19.7 Å². The number of aliphatic hydroxyl groups is 1. The summed E-state index contributed by atoms with van der Waals surface area (Å²) in [6.45, 7) is -3.08. The third-order valence-electron chi connectivity index (χ3n) is 7.78. The van der Waals surface area contributed by atoms with Crippen LogP contribution in [0.3, 0.4) is 0 Å². The molecule has 0 radical (unpaired) electrons. The summed E-state index contributed by atoms with van der Waals surface area (Å²) in [6.07, 6.45) is 3.68. The van der Waals surface area contributed by atoms with Crippen LogP contribution in [0.1, 0.15) is 58.9 Å². The number of nitrogens with one attached hydrogen (secondary N) is 1. The molecule has 4 aromatic rings. The Labute approximate surface area is 218 Å². The van der Waals surface area contributed by atoms with E-state index in [-0.39, 0.29) is 41.5 Å². The van der Waals surface area contributed by atoms with E-state index in [2.05, 4.69) is 26.3 Å². The summed E-state index contributed by atoms with van der Waals surface area (Å²) in [5.74, 6) is -0.689. The zero-order chi connectivity index (χ0) is 27.1. The molecule has 0 unspecified atom stereocenters. The lowest BCUT2D eigenvalue weighted by Gasteiger charge is -2.38. The number of hydrogen-bond acceptors (Lipinski definition) is 7. The molecule has 0 saturated heterocycles. The number of ether oxygens (including phenoxy) is 1. The molecule has 12 heteroatoms. The first-order chi connectivity index (χ1) is 18.8. The Bertz CT molecular complexity index is 1710. The quantitative estimate of drug-likeness (QED) is 0.405. The van der Waals surface area contributed by atoms with E-state index in [1.165, 1.54) is 30.6 Å². The molecular formula is C27H19F3N6O3. The normalized spacial score (nSPS) is 24.9. The largest absolute Gasteiger partial charge is 0.434 e. The number of amides is 1. The molecule has 2 aromatic carbocycles. The number of benzene rings is 2. The SMILES string of the molecule is N#CC1CC(O)(c2ncc(-c3cc4c(cc3F)nc3n4[C@@H]4C[C@H]3NC(=O)c3cccc(OC(F)F)c34)cn2)C1. The molecule has 2 atom stereocenters. The molecule has 1 fully saturated rings. The summed E-state index contributed by atoms with van der Waals surface area (Å²) < 4.78 is 48.4. The topological polar surface area (TPSA) is 126 Å². The van der Waals surface area contributed by atoms with E-state index in [1.807, 2.05) is 4.57 Å². The fraction of sp³-hybridized carbons (Fsp3) is 0.296. The summed E-state index contributed by atoms with van der Waals surface area (Å²) >= 11 is 0. The Hall–Kier alpha value is -4.50. The molecule has 1 aliphatic carbocycles. The van der Waals surface area contributed by atoms with Gasteiger partial charge in [0.2, 0.25) is 0 Å². The van der Waals surface area contributed by atoms with Crippen LogP contribution in [0, 0.1) is 23.1 Å². The van der Waals surface area contributed by atoms with Crippen LogP contribution in [0.4, 0.5) is 13.2 Å². The molecule has 2 bridgehead atoms. The maximum atomic E-state index is 15.3. The molecule has 0 spiro atoms. The molecule has 2 aliphatic heterocycles. The molecule has 1 saturated carbocycles. The number of rotatable bonds is 4. The van der Waals surface area contributed by atoms with E-state index in [0.717, 1.165) is 0 Å². The summed E-state index contributed by atoms with van der Waals surface area (Å²) in [5, 5.41) is 22.6. The predicted octanol–water partition coefficient (Wildman–Crippen LogP) is 4.13. The zero-order valence-electron chi connectivity index (χ0n) is 20.1. The summed E-state index contributed by atoms with van der Waals surface area (Å²) in [4.78, 5) is 26.0. The summed E-state index contributed by atoms with van der Waals surface area (Å²) in [6, 6.07) is 8.35. The minimum atomic E-state index is -3.08. The number of fused-ring (bicyclic) bond motifs is 9. The van der Waals surface area contributed by atoms with Crippen LogP contribution in [0.2, 0.25) is 0 Å². The van der Waals surface area contributed by atoms with Gasteiger partial charge in [-0.2, -0.15) is 14.0 Å². The van der Waals surface area contributed by atoms with E-state index < -0.39 is 36.0 Å². The number of aromatic nitrogens is 4. The second-order valence-corrected chi connectivity index (χ2v) is 10.1. The third kappa shape index (κ3) is 3.50. The summed E-state index contributed by atoms with van der Waals surface area (Å²) in [7, 11) is 0. The fourth-order valence-electron chi connectivity index (χ4n) is 5.99. The van der Waals surface area contributed by atoms with Crippen LogP contribution in [-0.2, 0) is 5.60 Å². The van der Waals surface area contributed by atoms with Crippen molar-refractivity contribution >= 4 is 16.9 Å². The Morgan fingerprint density at radius 1 is 1.21 bits per heavy atom. The molecule has 9 nitrogen and oxygen atoms in total. The van der Waals surface area contributed by atoms with Crippen LogP contribution < -0.4 is 10.1 Å². The van der Waals surface area contributed by atoms with E-state index in [0.29, 0.717) is 34.4 Å². The number of halogens is 3. The average Bonchev–Trinajstić information content (AvgIpc) is 3.37. The van der Waals surface area contributed by atoms with E-state index in [1.54, 1.807) is 12.1 Å². The number of carbonyl (C=O) groups excluding carboxylic acids is 1. The van der Waals surface area contributed by atoms with Crippen LogP contribution in [0.25, 0.3) is 22.2 Å². The van der Waals surface area contributed by atoms with Crippen molar-refractivity contribution in [3.8, 4) is 22.9 Å². The Morgan fingerprint density at radius 3 is 2.69 bits per heavy atom. The van der Waals surface area contributed by atoms with Crippen LogP contribution >= 0.6 is 0 Å². The van der Waals surface area contributed by atoms with Crippen LogP contribution in [0.5, 0.6) is 5.75 Å². The van der Waals surface area contributed by atoms with Gasteiger partial charge in [0.05, 0.1) is 35.1 Å². The molecule has 2 aromatic heterocycles. The number of hydrogen-bond donors (Lipinski definition) is 2. The standard InChI is InChI=1S/C27H19F3N6O3/c28-16-5-17-19(4-15(16)13-10-32-25(33-11-13)27(38)7-12(8-27)9-31)36-20-6-18(23(36)34-17)35-24(37)14-2-1-3-21(22(14)20)39-26(29)30/h1-5,10-12,18,20,26,38H,6-8H2,(H,35,37)/t12?,18-,20-,27?/m1/s1. The van der Waals surface area contributed by atoms with Gasteiger partial charge in [-0.1, -0.05) is 6.07 Å². The number of imidazole rings is 1. The third-order valence-corrected chi connectivity index (χ3v) is 7.78. The maximum Gasteiger partial charge on any atom is 0.387 e. The van der Waals surface area contributed by atoms with Crippen molar-refractivity contribution in [3.63, 3.8) is 0 Å². The number of nitrogens with zero attached hydrogens (tertiary/aromatic N) is 5. The lowest BCUT2D eigenvalue weighted by Crippen LogP contribution is -2.41. The smallest absolute Gasteiger partial charge is 0.387 e. The zero-order valence-corrected chi connectivity index (χ0v) is 20.1. The van der Waals surface area contributed by atoms with Crippen molar-refractivity contribution in [2.24, 2.45) is 5.92 Å². The van der Waals surface area contributed by atoms with Crippen molar-refractivity contribution in [2.45, 2.75) is 43.6 Å². The molecule has 2 N–H and O–H groups in total. The van der Waals surface area contributed by atoms with E-state index in [9.17, 15) is 18.7 Å². The van der Waals surface area contributed by atoms with Crippen LogP contribution in [0.15, 0.2) is 42.7 Å². The highest BCUT2D eigenvalue weighted by molar-refractivity contribution is 5.98. The number of alkyl halides is 2. The molecule has 4 heterocycles. The molecule has 1 amide bonds. The Kier molecular flexibility index (Phi) is 4.99. The van der Waals surface area contributed by atoms with Gasteiger partial charge in [-0.05, 0) is 37.5 Å². The van der Waals surface area contributed by atoms with Crippen LogP contribution in [-0.4, -0.2) is 37.1 Å². The number of carbonyl (C=O) groups is 1. The molecule has 7 rings (SSSR count). The first-order valence-electron chi connectivity index (χ1n) is 12.3. The minimum Gasteiger partial charge on any atom is -0.434 e. The van der Waals surface area contributed by atoms with Crippen molar-refractivity contribution in [2.75, 3.05) is 0 Å². The second kappa shape index (κ2) is 8.25. The maximum absolute atomic E-state index is 15.3. The van der Waals surface area contributed by atoms with E-state index in [4.69, 9.17) is 10.00 Å². The van der Waals surface area contributed by atoms with E-state index >= 15 is 4.39 Å². The molecular weight excluding hydrogens is 513 g/mol. The first kappa shape index (κ1) is 23.6. The lowest BCUT2D eigenvalue weighted by atomic mass is 9.71. The molecule has 3 aliphatic rings. The second-order valence-electron chi connectivity index (χ2n) is 10.1. The van der Waals surface area contributed by atoms with Gasteiger partial charge in [0.25, 0.3) is 5.91 Å². The fourth-order valence-corrected chi connectivity index (χ4v) is 5.99. The van der Waals surface area contributed by atoms with Gasteiger partial charge in [-0.15, -0.1) is 0 Å². The first-order valence-corrected chi connectivity index (χ1v) is 12.3. The molecule has 39 heavy (non-hydrogen) atoms. The Balaban J connectivity index is 1.33. The van der Waals surface area contributed by atoms with Crippen molar-refractivity contribution in [1.29, 1.82) is 5.26 Å². The minimum absolute atomic E-state index is 0.100. The summed E-state index contributed by atoms with van der Waals surface area (Å²) in [5.41, 5.74) is 0.705. The monoisotopic (exact) mass is 532 g/mol. The van der Waals surface area contributed by atoms with Crippen molar-refractivity contribution in [3.05, 3.63) is 71.3 Å². The van der Waals surface area contributed by atoms with Gasteiger partial charge in [0.15, 0.2) is 5.82 Å². The highest BCUT2D eigenvalue weighted by atomic mass is 19.3. The lowest BCUT2D eigenvalue weighted by molar-refractivity contribution is -0.0702. The number of nitriles is 1. The highest BCUT2D eigenvalue weighted by Gasteiger charge is 2.47.